The van der Waals surface area contributed by atoms with Gasteiger partial charge in [-0.3, -0.25) is 0 Å². The number of aliphatic carboxylic acids is 1. The van der Waals surface area contributed by atoms with Crippen LogP contribution in [0.25, 0.3) is 0 Å². The SMILES string of the molecule is C=C(C)C(=O)[O-].C[N+](C)(C)CCO.C[N+](C)(C)CCO.C[N+](C)(C)CCO.C[N+](C)(C)CCO.O=P([O-])([O-])[O-]. The first kappa shape index (κ1) is 50.8. The van der Waals surface area contributed by atoms with E-state index in [2.05, 4.69) is 91.2 Å². The maximum Gasteiger partial charge on any atom is 0.101 e. The summed E-state index contributed by atoms with van der Waals surface area (Å²) in [4.78, 5) is 35.1. The predicted octanol–water partition coefficient (Wildman–Crippen LogP) is -4.77. The third-order valence-electron chi connectivity index (χ3n) is 3.43. The standard InChI is InChI=1S/4C5H14NO.C4H6O2.H3O4P/c4*1-6(2,3)4-5-7;1-3(2)4(5)6;1-5(2,3)4/h4*7H,4-5H2,1-3H3;1H2,2H3,(H,5,6);(H3,1,2,3,4)/q4*+1;;/p-4. The second-order valence-electron chi connectivity index (χ2n) is 12.5. The molecule has 0 aliphatic rings. The van der Waals surface area contributed by atoms with E-state index in [1.165, 1.54) is 6.92 Å². The Morgan fingerprint density at radius 3 is 0.692 bits per heavy atom. The number of hydrogen-bond donors (Lipinski definition) is 4. The third kappa shape index (κ3) is 126. The number of aliphatic hydroxyl groups is 4. The molecule has 0 spiro atoms. The van der Waals surface area contributed by atoms with Gasteiger partial charge in [0.25, 0.3) is 0 Å². The average Bonchev–Trinajstić information content (AvgIpc) is 2.58. The average molecular weight is 597 g/mol. The summed E-state index contributed by atoms with van der Waals surface area (Å²) in [6, 6.07) is 0. The molecule has 0 radical (unpaired) electrons. The second-order valence-corrected chi connectivity index (χ2v) is 13.4. The second kappa shape index (κ2) is 25.9. The maximum absolute atomic E-state index is 9.49. The fourth-order valence-electron chi connectivity index (χ4n) is 1.20. The molecule has 242 valence electrons. The maximum atomic E-state index is 9.49. The number of carbonyl (C=O) groups excluding carboxylic acids is 1. The highest BCUT2D eigenvalue weighted by Crippen LogP contribution is 2.03. The van der Waals surface area contributed by atoms with Crippen LogP contribution in [0, 0.1) is 0 Å². The van der Waals surface area contributed by atoms with E-state index in [1.807, 2.05) is 0 Å². The first-order valence-electron chi connectivity index (χ1n) is 12.1. The molecule has 0 aliphatic heterocycles. The van der Waals surface area contributed by atoms with Gasteiger partial charge in [0, 0.05) is 0 Å². The quantitative estimate of drug-likeness (QED) is 0.113. The fraction of sp³-hybridized carbons (Fsp3) is 0.875. The van der Waals surface area contributed by atoms with Crippen LogP contribution in [0.1, 0.15) is 6.92 Å². The summed E-state index contributed by atoms with van der Waals surface area (Å²) in [6.07, 6.45) is 0. The first-order chi connectivity index (χ1) is 16.9. The number of hydrogen-bond acceptors (Lipinski definition) is 10. The van der Waals surface area contributed by atoms with Crippen molar-refractivity contribution in [2.24, 2.45) is 0 Å². The molecule has 0 aliphatic carbocycles. The first-order valence-corrected chi connectivity index (χ1v) is 13.6. The van der Waals surface area contributed by atoms with E-state index in [0.29, 0.717) is 0 Å². The minimum atomic E-state index is -5.39. The topological polar surface area (TPSA) is 207 Å². The molecule has 0 saturated heterocycles. The molecule has 39 heavy (non-hydrogen) atoms. The summed E-state index contributed by atoms with van der Waals surface area (Å²) in [6.45, 7) is 8.94. The molecule has 0 saturated carbocycles. The van der Waals surface area contributed by atoms with Crippen LogP contribution in [0.3, 0.4) is 0 Å². The van der Waals surface area contributed by atoms with Gasteiger partial charge >= 0.3 is 0 Å². The number of aliphatic hydroxyl groups excluding tert-OH is 4. The highest BCUT2D eigenvalue weighted by atomic mass is 31.2. The summed E-state index contributed by atoms with van der Waals surface area (Å²) in [5.74, 6) is -1.19. The van der Waals surface area contributed by atoms with Crippen LogP contribution in [-0.4, -0.2) is 182 Å². The zero-order chi connectivity index (χ0) is 33.3. The van der Waals surface area contributed by atoms with Crippen LogP contribution in [0.15, 0.2) is 12.2 Å². The molecule has 0 aromatic heterocycles. The van der Waals surface area contributed by atoms with Crippen LogP contribution in [0.4, 0.5) is 0 Å². The highest BCUT2D eigenvalue weighted by Gasteiger charge is 2.04. The van der Waals surface area contributed by atoms with Gasteiger partial charge in [-0.2, -0.15) is 7.82 Å². The van der Waals surface area contributed by atoms with Gasteiger partial charge in [0.1, 0.15) is 26.2 Å². The van der Waals surface area contributed by atoms with Gasteiger partial charge < -0.3 is 67.5 Å². The van der Waals surface area contributed by atoms with E-state index in [-0.39, 0.29) is 32.0 Å². The molecular formula is C24H61N4O10P. The summed E-state index contributed by atoms with van der Waals surface area (Å²) in [7, 11) is 19.2. The van der Waals surface area contributed by atoms with E-state index in [9.17, 15) is 9.90 Å². The Morgan fingerprint density at radius 1 is 0.590 bits per heavy atom. The molecule has 0 fully saturated rings. The molecule has 4 N–H and O–H groups in total. The molecule has 14 nitrogen and oxygen atoms in total. The zero-order valence-corrected chi connectivity index (χ0v) is 27.7. The van der Waals surface area contributed by atoms with Crippen LogP contribution in [0.5, 0.6) is 0 Å². The van der Waals surface area contributed by atoms with Crippen molar-refractivity contribution in [2.75, 3.05) is 137 Å². The monoisotopic (exact) mass is 596 g/mol. The van der Waals surface area contributed by atoms with Crippen LogP contribution in [0.2, 0.25) is 0 Å². The molecule has 0 amide bonds. The van der Waals surface area contributed by atoms with Crippen molar-refractivity contribution in [1.29, 1.82) is 0 Å². The van der Waals surface area contributed by atoms with Crippen molar-refractivity contribution < 1.29 is 67.5 Å². The van der Waals surface area contributed by atoms with Gasteiger partial charge in [-0.1, -0.05) is 6.58 Å². The Hall–Kier alpha value is -1.00. The number of carboxylic acid groups (broad SMARTS) is 1. The minimum Gasteiger partial charge on any atom is -0.822 e. The van der Waals surface area contributed by atoms with Crippen molar-refractivity contribution >= 4 is 13.8 Å². The van der Waals surface area contributed by atoms with Gasteiger partial charge in [0.05, 0.1) is 117 Å². The van der Waals surface area contributed by atoms with Crippen LogP contribution < -0.4 is 19.8 Å². The van der Waals surface area contributed by atoms with Crippen molar-refractivity contribution in [3.8, 4) is 0 Å². The summed E-state index contributed by atoms with van der Waals surface area (Å²) < 4.78 is 11.9. The Kier molecular flexibility index (Phi) is 33.8. The van der Waals surface area contributed by atoms with Crippen LogP contribution >= 0.6 is 7.82 Å². The van der Waals surface area contributed by atoms with E-state index in [4.69, 9.17) is 39.7 Å². The highest BCUT2D eigenvalue weighted by molar-refractivity contribution is 7.40. The minimum absolute atomic E-state index is 0.0648. The molecule has 0 aromatic carbocycles. The molecule has 0 rings (SSSR count). The lowest BCUT2D eigenvalue weighted by Gasteiger charge is -2.36. The zero-order valence-electron chi connectivity index (χ0n) is 26.8. The Bertz CT molecular complexity index is 534. The normalized spacial score (nSPS) is 11.3. The largest absolute Gasteiger partial charge is 0.822 e. The lowest BCUT2D eigenvalue weighted by molar-refractivity contribution is -0.870. The van der Waals surface area contributed by atoms with Crippen molar-refractivity contribution in [3.63, 3.8) is 0 Å². The Labute approximate surface area is 237 Å². The van der Waals surface area contributed by atoms with Gasteiger partial charge in [0.15, 0.2) is 0 Å². The molecular weight excluding hydrogens is 535 g/mol. The number of likely N-dealkylation sites (N-methyl/N-ethyl adjacent to an activating group) is 4. The van der Waals surface area contributed by atoms with E-state index < -0.39 is 13.8 Å². The Balaban J connectivity index is -0.0000000841. The van der Waals surface area contributed by atoms with Crippen molar-refractivity contribution in [1.82, 2.24) is 0 Å². The third-order valence-corrected chi connectivity index (χ3v) is 3.43. The van der Waals surface area contributed by atoms with Gasteiger partial charge in [-0.25, -0.2) is 0 Å². The lowest BCUT2D eigenvalue weighted by Crippen LogP contribution is -2.36. The summed E-state index contributed by atoms with van der Waals surface area (Å²) in [5, 5.41) is 43.0. The molecule has 0 bridgehead atoms. The lowest BCUT2D eigenvalue weighted by atomic mass is 10.4. The van der Waals surface area contributed by atoms with Gasteiger partial charge in [-0.05, 0) is 12.5 Å². The summed E-state index contributed by atoms with van der Waals surface area (Å²) in [5.41, 5.74) is 0.0648. The van der Waals surface area contributed by atoms with E-state index in [0.717, 1.165) is 44.1 Å². The molecule has 0 unspecified atom stereocenters. The number of carbonyl (C=O) groups is 1. The number of phosphoric acid groups is 1. The Morgan fingerprint density at radius 2 is 0.692 bits per heavy atom. The number of nitrogens with zero attached hydrogens (tertiary/aromatic N) is 4. The molecule has 0 aromatic rings. The number of rotatable bonds is 9. The van der Waals surface area contributed by atoms with E-state index in [1.54, 1.807) is 0 Å². The predicted molar refractivity (Wildman–Crippen MR) is 147 cm³/mol. The van der Waals surface area contributed by atoms with Crippen molar-refractivity contribution in [2.45, 2.75) is 6.92 Å². The van der Waals surface area contributed by atoms with E-state index >= 15 is 0 Å². The fourth-order valence-corrected chi connectivity index (χ4v) is 1.20. The van der Waals surface area contributed by atoms with Gasteiger partial charge in [-0.15, -0.1) is 0 Å². The van der Waals surface area contributed by atoms with Crippen molar-refractivity contribution in [3.05, 3.63) is 12.2 Å². The summed E-state index contributed by atoms with van der Waals surface area (Å²) >= 11 is 0. The molecule has 0 atom stereocenters. The molecule has 0 heterocycles. The molecule has 15 heteroatoms. The number of quaternary nitrogens is 4. The van der Waals surface area contributed by atoms with Gasteiger partial charge in [0.2, 0.25) is 0 Å². The smallest absolute Gasteiger partial charge is 0.101 e. The van der Waals surface area contributed by atoms with Crippen LogP contribution in [-0.2, 0) is 9.36 Å². The number of carboxylic acids is 1.